The third-order valence-electron chi connectivity index (χ3n) is 6.79. The van der Waals surface area contributed by atoms with Gasteiger partial charge >= 0.3 is 0 Å². The van der Waals surface area contributed by atoms with E-state index in [-0.39, 0.29) is 37.4 Å². The summed E-state index contributed by atoms with van der Waals surface area (Å²) in [6, 6.07) is 11.7. The Morgan fingerprint density at radius 3 is 1.47 bits per heavy atom. The van der Waals surface area contributed by atoms with Gasteiger partial charge in [-0.1, -0.05) is 55.7 Å². The van der Waals surface area contributed by atoms with E-state index in [0.29, 0.717) is 0 Å². The van der Waals surface area contributed by atoms with Crippen LogP contribution in [0.2, 0.25) is 0 Å². The number of aryl methyl sites for hydroxylation is 4. The number of rotatable bonds is 8. The van der Waals surface area contributed by atoms with Crippen molar-refractivity contribution in [3.8, 4) is 0 Å². The molecule has 0 aromatic heterocycles. The summed E-state index contributed by atoms with van der Waals surface area (Å²) in [6.45, 7) is 9.19. The topological polar surface area (TPSA) is 81.8 Å². The number of carbonyl (C=O) groups is 3. The molecule has 0 unspecified atom stereocenters. The van der Waals surface area contributed by atoms with Crippen LogP contribution in [0.15, 0.2) is 36.4 Å². The molecule has 0 bridgehead atoms. The summed E-state index contributed by atoms with van der Waals surface area (Å²) in [7, 11) is 0. The standard InChI is InChI=1S/C29H40N4O3/c1-21-12-10-13-22(2)28(21)30-25(34)18-32(20-27(36)33-16-8-6-5-7-9-17-33)19-26(35)31-29-23(3)14-11-15-24(29)4/h10-15H,5-9,16-20H2,1-4H3,(H,30,34)(H,31,35). The van der Waals surface area contributed by atoms with Gasteiger partial charge in [0.25, 0.3) is 0 Å². The molecule has 7 heteroatoms. The van der Waals surface area contributed by atoms with Gasteiger partial charge in [0.15, 0.2) is 0 Å². The molecule has 7 nitrogen and oxygen atoms in total. The maximum Gasteiger partial charge on any atom is 0.238 e. The minimum absolute atomic E-state index is 0.0281. The predicted octanol–water partition coefficient (Wildman–Crippen LogP) is 4.59. The van der Waals surface area contributed by atoms with Crippen LogP contribution in [0.25, 0.3) is 0 Å². The van der Waals surface area contributed by atoms with E-state index in [2.05, 4.69) is 10.6 Å². The van der Waals surface area contributed by atoms with E-state index in [1.165, 1.54) is 6.42 Å². The average molecular weight is 493 g/mol. The van der Waals surface area contributed by atoms with Crippen LogP contribution >= 0.6 is 0 Å². The van der Waals surface area contributed by atoms with E-state index in [1.807, 2.05) is 69.0 Å². The number of hydrogen-bond donors (Lipinski definition) is 2. The second-order valence-corrected chi connectivity index (χ2v) is 9.92. The fourth-order valence-electron chi connectivity index (χ4n) is 4.74. The van der Waals surface area contributed by atoms with Gasteiger partial charge in [0.1, 0.15) is 0 Å². The largest absolute Gasteiger partial charge is 0.342 e. The summed E-state index contributed by atoms with van der Waals surface area (Å²) in [5.74, 6) is -0.517. The monoisotopic (exact) mass is 492 g/mol. The SMILES string of the molecule is Cc1cccc(C)c1NC(=O)CN(CC(=O)Nc1c(C)cccc1C)CC(=O)N1CCCCCCC1. The average Bonchev–Trinajstić information content (AvgIpc) is 2.78. The van der Waals surface area contributed by atoms with Gasteiger partial charge in [-0.25, -0.2) is 0 Å². The number of likely N-dealkylation sites (tertiary alicyclic amines) is 1. The molecule has 0 aliphatic carbocycles. The fraction of sp³-hybridized carbons (Fsp3) is 0.483. The smallest absolute Gasteiger partial charge is 0.238 e. The molecule has 2 aromatic carbocycles. The predicted molar refractivity (Wildman–Crippen MR) is 145 cm³/mol. The lowest BCUT2D eigenvalue weighted by Crippen LogP contribution is -2.46. The van der Waals surface area contributed by atoms with E-state index < -0.39 is 0 Å². The minimum Gasteiger partial charge on any atom is -0.342 e. The number of para-hydroxylation sites is 2. The van der Waals surface area contributed by atoms with Gasteiger partial charge in [-0.15, -0.1) is 0 Å². The molecule has 1 saturated heterocycles. The molecule has 36 heavy (non-hydrogen) atoms. The Morgan fingerprint density at radius 1 is 0.667 bits per heavy atom. The van der Waals surface area contributed by atoms with Gasteiger partial charge < -0.3 is 15.5 Å². The van der Waals surface area contributed by atoms with Crippen molar-refractivity contribution >= 4 is 29.1 Å². The molecule has 194 valence electrons. The highest BCUT2D eigenvalue weighted by Gasteiger charge is 2.23. The molecule has 1 aliphatic heterocycles. The first-order valence-corrected chi connectivity index (χ1v) is 13.0. The summed E-state index contributed by atoms with van der Waals surface area (Å²) in [4.78, 5) is 42.8. The van der Waals surface area contributed by atoms with Gasteiger partial charge in [-0.05, 0) is 62.8 Å². The van der Waals surface area contributed by atoms with Crippen molar-refractivity contribution < 1.29 is 14.4 Å². The zero-order chi connectivity index (χ0) is 26.1. The molecule has 0 radical (unpaired) electrons. The molecule has 0 saturated carbocycles. The summed E-state index contributed by atoms with van der Waals surface area (Å²) in [5, 5.41) is 5.97. The van der Waals surface area contributed by atoms with Gasteiger partial charge in [0.05, 0.1) is 19.6 Å². The Morgan fingerprint density at radius 2 is 1.06 bits per heavy atom. The highest BCUT2D eigenvalue weighted by molar-refractivity contribution is 5.96. The maximum absolute atomic E-state index is 13.2. The summed E-state index contributed by atoms with van der Waals surface area (Å²) in [5.41, 5.74) is 5.44. The van der Waals surface area contributed by atoms with Crippen molar-refractivity contribution in [3.63, 3.8) is 0 Å². The maximum atomic E-state index is 13.2. The van der Waals surface area contributed by atoms with Crippen molar-refractivity contribution in [1.82, 2.24) is 9.80 Å². The van der Waals surface area contributed by atoms with Crippen LogP contribution in [0.4, 0.5) is 11.4 Å². The second kappa shape index (κ2) is 13.2. The molecule has 3 amide bonds. The minimum atomic E-state index is -0.243. The Hall–Kier alpha value is -3.19. The lowest BCUT2D eigenvalue weighted by Gasteiger charge is -2.28. The van der Waals surface area contributed by atoms with Gasteiger partial charge in [0.2, 0.25) is 17.7 Å². The Balaban J connectivity index is 1.72. The fourth-order valence-corrected chi connectivity index (χ4v) is 4.74. The molecule has 0 atom stereocenters. The summed E-state index contributed by atoms with van der Waals surface area (Å²) < 4.78 is 0. The Bertz CT molecular complexity index is 966. The van der Waals surface area contributed by atoms with E-state index in [0.717, 1.165) is 72.4 Å². The van der Waals surface area contributed by atoms with E-state index >= 15 is 0 Å². The van der Waals surface area contributed by atoms with E-state index in [1.54, 1.807) is 4.90 Å². The van der Waals surface area contributed by atoms with Crippen LogP contribution < -0.4 is 10.6 Å². The molecule has 1 heterocycles. The third kappa shape index (κ3) is 7.92. The molecule has 0 spiro atoms. The lowest BCUT2D eigenvalue weighted by atomic mass is 10.1. The molecule has 1 aliphatic rings. The van der Waals surface area contributed by atoms with Crippen molar-refractivity contribution in [1.29, 1.82) is 0 Å². The van der Waals surface area contributed by atoms with Crippen molar-refractivity contribution in [2.45, 2.75) is 59.8 Å². The van der Waals surface area contributed by atoms with Crippen LogP contribution in [0.5, 0.6) is 0 Å². The lowest BCUT2D eigenvalue weighted by molar-refractivity contribution is -0.133. The third-order valence-corrected chi connectivity index (χ3v) is 6.79. The van der Waals surface area contributed by atoms with Crippen molar-refractivity contribution in [2.75, 3.05) is 43.4 Å². The molecule has 3 rings (SSSR count). The summed E-state index contributed by atoms with van der Waals surface area (Å²) >= 11 is 0. The first-order chi connectivity index (χ1) is 17.2. The van der Waals surface area contributed by atoms with E-state index in [4.69, 9.17) is 0 Å². The number of amides is 3. The molecule has 2 aromatic rings. The van der Waals surface area contributed by atoms with Gasteiger partial charge in [-0.2, -0.15) is 0 Å². The summed E-state index contributed by atoms with van der Waals surface area (Å²) in [6.07, 6.45) is 5.45. The van der Waals surface area contributed by atoms with Crippen LogP contribution in [0.1, 0.15) is 54.4 Å². The zero-order valence-electron chi connectivity index (χ0n) is 22.2. The second-order valence-electron chi connectivity index (χ2n) is 9.92. The number of nitrogens with one attached hydrogen (secondary N) is 2. The van der Waals surface area contributed by atoms with Gasteiger partial charge in [-0.3, -0.25) is 19.3 Å². The van der Waals surface area contributed by atoms with Crippen LogP contribution in [0.3, 0.4) is 0 Å². The van der Waals surface area contributed by atoms with E-state index in [9.17, 15) is 14.4 Å². The van der Waals surface area contributed by atoms with Crippen LogP contribution in [-0.4, -0.2) is 60.2 Å². The molecular weight excluding hydrogens is 452 g/mol. The normalized spacial score (nSPS) is 14.2. The number of anilines is 2. The van der Waals surface area contributed by atoms with Gasteiger partial charge in [0, 0.05) is 24.5 Å². The Labute approximate surface area is 215 Å². The number of nitrogens with zero attached hydrogens (tertiary/aromatic N) is 2. The number of benzene rings is 2. The van der Waals surface area contributed by atoms with Crippen molar-refractivity contribution in [2.24, 2.45) is 0 Å². The highest BCUT2D eigenvalue weighted by Crippen LogP contribution is 2.20. The molecular formula is C29H40N4O3. The molecule has 1 fully saturated rings. The first kappa shape index (κ1) is 27.4. The zero-order valence-corrected chi connectivity index (χ0v) is 22.2. The van der Waals surface area contributed by atoms with Crippen molar-refractivity contribution in [3.05, 3.63) is 58.7 Å². The van der Waals surface area contributed by atoms with Crippen LogP contribution in [0, 0.1) is 27.7 Å². The number of carbonyl (C=O) groups excluding carboxylic acids is 3. The Kier molecular flexibility index (Phi) is 10.1. The number of hydrogen-bond acceptors (Lipinski definition) is 4. The first-order valence-electron chi connectivity index (χ1n) is 13.0. The quantitative estimate of drug-likeness (QED) is 0.565. The highest BCUT2D eigenvalue weighted by atomic mass is 16.2. The van der Waals surface area contributed by atoms with Crippen LogP contribution in [-0.2, 0) is 14.4 Å². The molecule has 2 N–H and O–H groups in total.